The molecule has 0 aliphatic carbocycles. The predicted octanol–water partition coefficient (Wildman–Crippen LogP) is 2.78. The van der Waals surface area contributed by atoms with Gasteiger partial charge in [-0.25, -0.2) is 13.1 Å². The number of nitrogens with zero attached hydrogens (tertiary/aromatic N) is 1. The number of rotatable bonds is 7. The molecule has 5 nitrogen and oxygen atoms in total. The maximum Gasteiger partial charge on any atom is 0.241 e. The third-order valence-corrected chi connectivity index (χ3v) is 6.59. The fourth-order valence-electron chi connectivity index (χ4n) is 2.96. The highest BCUT2D eigenvalue weighted by molar-refractivity contribution is 9.10. The molecule has 0 aromatic heterocycles. The maximum absolute atomic E-state index is 12.7. The molecule has 1 aromatic rings. The van der Waals surface area contributed by atoms with Crippen molar-refractivity contribution < 1.29 is 13.2 Å². The predicted molar refractivity (Wildman–Crippen MR) is 99.7 cm³/mol. The van der Waals surface area contributed by atoms with E-state index in [1.54, 1.807) is 6.07 Å². The van der Waals surface area contributed by atoms with Crippen molar-refractivity contribution in [3.8, 4) is 0 Å². The Hall–Kier alpha value is -0.470. The Morgan fingerprint density at radius 2 is 1.96 bits per heavy atom. The van der Waals surface area contributed by atoms with E-state index >= 15 is 0 Å². The smallest absolute Gasteiger partial charge is 0.241 e. The summed E-state index contributed by atoms with van der Waals surface area (Å²) in [5.74, 6) is 0.508. The summed E-state index contributed by atoms with van der Waals surface area (Å²) >= 11 is 3.36. The summed E-state index contributed by atoms with van der Waals surface area (Å²) in [4.78, 5) is 2.62. The van der Waals surface area contributed by atoms with Gasteiger partial charge in [-0.1, -0.05) is 19.9 Å². The SMILES string of the molecule is Cc1ccc(S(=O)(=O)NCC(CC(C)C)N2CCOCC2)c(Br)c1. The van der Waals surface area contributed by atoms with E-state index in [9.17, 15) is 8.42 Å². The quantitative estimate of drug-likeness (QED) is 0.739. The minimum absolute atomic E-state index is 0.188. The molecule has 0 radical (unpaired) electrons. The van der Waals surface area contributed by atoms with E-state index in [0.29, 0.717) is 35.0 Å². The first-order valence-corrected chi connectivity index (χ1v) is 10.6. The Labute approximate surface area is 153 Å². The second-order valence-corrected chi connectivity index (χ2v) is 9.31. The summed E-state index contributed by atoms with van der Waals surface area (Å²) in [5.41, 5.74) is 1.02. The van der Waals surface area contributed by atoms with Gasteiger partial charge in [0, 0.05) is 30.1 Å². The van der Waals surface area contributed by atoms with Gasteiger partial charge in [0.1, 0.15) is 0 Å². The summed E-state index contributed by atoms with van der Waals surface area (Å²) in [5, 5.41) is 0. The molecular formula is C17H27BrN2O3S. The van der Waals surface area contributed by atoms with Crippen LogP contribution in [0.4, 0.5) is 0 Å². The van der Waals surface area contributed by atoms with Gasteiger partial charge in [-0.15, -0.1) is 0 Å². The van der Waals surface area contributed by atoms with Crippen LogP contribution in [0.15, 0.2) is 27.6 Å². The number of hydrogen-bond donors (Lipinski definition) is 1. The molecule has 0 amide bonds. The van der Waals surface area contributed by atoms with Crippen molar-refractivity contribution in [1.29, 1.82) is 0 Å². The van der Waals surface area contributed by atoms with Gasteiger partial charge in [0.25, 0.3) is 0 Å². The van der Waals surface area contributed by atoms with E-state index in [1.165, 1.54) is 0 Å². The van der Waals surface area contributed by atoms with Crippen LogP contribution in [0, 0.1) is 12.8 Å². The number of sulfonamides is 1. The Morgan fingerprint density at radius 1 is 1.29 bits per heavy atom. The minimum atomic E-state index is -3.53. The lowest BCUT2D eigenvalue weighted by atomic mass is 10.0. The van der Waals surface area contributed by atoms with Gasteiger partial charge in [0.05, 0.1) is 18.1 Å². The van der Waals surface area contributed by atoms with Crippen molar-refractivity contribution in [3.05, 3.63) is 28.2 Å². The first-order valence-electron chi connectivity index (χ1n) is 8.37. The Morgan fingerprint density at radius 3 is 2.54 bits per heavy atom. The van der Waals surface area contributed by atoms with Gasteiger partial charge in [-0.2, -0.15) is 0 Å². The van der Waals surface area contributed by atoms with Crippen LogP contribution in [0.3, 0.4) is 0 Å². The lowest BCUT2D eigenvalue weighted by Crippen LogP contribution is -2.49. The van der Waals surface area contributed by atoms with Crippen molar-refractivity contribution in [3.63, 3.8) is 0 Å². The fourth-order valence-corrected chi connectivity index (χ4v) is 5.22. The van der Waals surface area contributed by atoms with Crippen LogP contribution in [0.1, 0.15) is 25.8 Å². The average Bonchev–Trinajstić information content (AvgIpc) is 2.51. The first kappa shape index (κ1) is 19.8. The summed E-state index contributed by atoms with van der Waals surface area (Å²) in [6.45, 7) is 9.82. The molecule has 1 N–H and O–H groups in total. The molecular weight excluding hydrogens is 392 g/mol. The zero-order chi connectivity index (χ0) is 17.7. The molecule has 1 aliphatic heterocycles. The molecule has 136 valence electrons. The van der Waals surface area contributed by atoms with E-state index in [4.69, 9.17) is 4.74 Å². The summed E-state index contributed by atoms with van der Waals surface area (Å²) in [7, 11) is -3.53. The highest BCUT2D eigenvalue weighted by Crippen LogP contribution is 2.23. The summed E-state index contributed by atoms with van der Waals surface area (Å²) in [6.07, 6.45) is 0.956. The fraction of sp³-hybridized carbons (Fsp3) is 0.647. The Bertz CT molecular complexity index is 643. The molecule has 1 aliphatic rings. The van der Waals surface area contributed by atoms with Gasteiger partial charge in [0.2, 0.25) is 10.0 Å². The molecule has 1 aromatic carbocycles. The number of morpholine rings is 1. The van der Waals surface area contributed by atoms with Gasteiger partial charge in [0.15, 0.2) is 0 Å². The van der Waals surface area contributed by atoms with Crippen LogP contribution in [-0.2, 0) is 14.8 Å². The molecule has 1 atom stereocenters. The Balaban J connectivity index is 2.08. The van der Waals surface area contributed by atoms with E-state index in [1.807, 2.05) is 19.1 Å². The molecule has 0 spiro atoms. The highest BCUT2D eigenvalue weighted by Gasteiger charge is 2.25. The van der Waals surface area contributed by atoms with Crippen molar-refractivity contribution >= 4 is 26.0 Å². The molecule has 2 rings (SSSR count). The topological polar surface area (TPSA) is 58.6 Å². The van der Waals surface area contributed by atoms with Gasteiger partial charge in [-0.3, -0.25) is 4.90 Å². The van der Waals surface area contributed by atoms with Crippen LogP contribution in [0.2, 0.25) is 0 Å². The molecule has 1 fully saturated rings. The number of hydrogen-bond acceptors (Lipinski definition) is 4. The van der Waals surface area contributed by atoms with Crippen molar-refractivity contribution in [2.75, 3.05) is 32.8 Å². The van der Waals surface area contributed by atoms with Gasteiger partial charge < -0.3 is 4.74 Å². The van der Waals surface area contributed by atoms with Crippen LogP contribution in [-0.4, -0.2) is 52.2 Å². The minimum Gasteiger partial charge on any atom is -0.379 e. The highest BCUT2D eigenvalue weighted by atomic mass is 79.9. The van der Waals surface area contributed by atoms with Gasteiger partial charge in [-0.05, 0) is 52.9 Å². The molecule has 24 heavy (non-hydrogen) atoms. The van der Waals surface area contributed by atoms with Crippen LogP contribution < -0.4 is 4.72 Å². The van der Waals surface area contributed by atoms with Crippen LogP contribution in [0.25, 0.3) is 0 Å². The van der Waals surface area contributed by atoms with Crippen LogP contribution >= 0.6 is 15.9 Å². The lowest BCUT2D eigenvalue weighted by molar-refractivity contribution is 0.0134. The number of benzene rings is 1. The first-order chi connectivity index (χ1) is 11.3. The van der Waals surface area contributed by atoms with Crippen molar-refractivity contribution in [2.45, 2.75) is 38.1 Å². The van der Waals surface area contributed by atoms with Crippen LogP contribution in [0.5, 0.6) is 0 Å². The monoisotopic (exact) mass is 418 g/mol. The van der Waals surface area contributed by atoms with Crippen molar-refractivity contribution in [1.82, 2.24) is 9.62 Å². The standard InChI is InChI=1S/C17H27BrN2O3S/c1-13(2)10-15(20-6-8-23-9-7-20)12-19-24(21,22)17-5-4-14(3)11-16(17)18/h4-5,11,13,15,19H,6-10,12H2,1-3H3. The second kappa shape index (κ2) is 8.76. The number of ether oxygens (including phenoxy) is 1. The third kappa shape index (κ3) is 5.52. The average molecular weight is 419 g/mol. The lowest BCUT2D eigenvalue weighted by Gasteiger charge is -2.35. The molecule has 0 bridgehead atoms. The Kier molecular flexibility index (Phi) is 7.24. The maximum atomic E-state index is 12.7. The number of aryl methyl sites for hydroxylation is 1. The van der Waals surface area contributed by atoms with E-state index in [0.717, 1.165) is 25.1 Å². The van der Waals surface area contributed by atoms with E-state index in [-0.39, 0.29) is 6.04 Å². The number of nitrogens with one attached hydrogen (secondary N) is 1. The molecule has 7 heteroatoms. The number of halogens is 1. The van der Waals surface area contributed by atoms with Gasteiger partial charge >= 0.3 is 0 Å². The summed E-state index contributed by atoms with van der Waals surface area (Å²) in [6, 6.07) is 5.47. The summed E-state index contributed by atoms with van der Waals surface area (Å²) < 4.78 is 34.1. The zero-order valence-electron chi connectivity index (χ0n) is 14.6. The second-order valence-electron chi connectivity index (χ2n) is 6.72. The third-order valence-electron chi connectivity index (χ3n) is 4.19. The van der Waals surface area contributed by atoms with E-state index < -0.39 is 10.0 Å². The normalized spacial score (nSPS) is 18.0. The molecule has 0 saturated carbocycles. The largest absolute Gasteiger partial charge is 0.379 e. The molecule has 1 heterocycles. The van der Waals surface area contributed by atoms with Crippen molar-refractivity contribution in [2.24, 2.45) is 5.92 Å². The molecule has 1 saturated heterocycles. The van der Waals surface area contributed by atoms with E-state index in [2.05, 4.69) is 39.4 Å². The zero-order valence-corrected chi connectivity index (χ0v) is 17.0. The molecule has 1 unspecified atom stereocenters.